The molecule has 5 heterocycles. The molecule has 1 aliphatic rings. The van der Waals surface area contributed by atoms with Crippen LogP contribution in [0.2, 0.25) is 0 Å². The minimum atomic E-state index is -2.99. The molecule has 1 aliphatic heterocycles. The summed E-state index contributed by atoms with van der Waals surface area (Å²) in [6.07, 6.45) is 0. The first kappa shape index (κ1) is 28.2. The quantitative estimate of drug-likeness (QED) is 0.166. The fraction of sp³-hybridized carbons (Fsp3) is 0.0204. The second-order valence-electron chi connectivity index (χ2n) is 14.9. The molecule has 1 atom stereocenters. The normalized spacial score (nSPS) is 15.8. The number of para-hydroxylation sites is 4. The lowest BCUT2D eigenvalue weighted by atomic mass is 9.91. The van der Waals surface area contributed by atoms with E-state index < -0.39 is 7.14 Å². The Morgan fingerprint density at radius 3 is 1.25 bits per heavy atom. The van der Waals surface area contributed by atoms with Crippen molar-refractivity contribution < 1.29 is 4.57 Å². The van der Waals surface area contributed by atoms with Crippen molar-refractivity contribution in [2.24, 2.45) is 0 Å². The van der Waals surface area contributed by atoms with Crippen LogP contribution in [0.25, 0.3) is 110 Å². The van der Waals surface area contributed by atoms with Crippen molar-refractivity contribution in [3.63, 3.8) is 0 Å². The van der Waals surface area contributed by atoms with Crippen LogP contribution < -0.4 is 10.6 Å². The molecule has 0 aliphatic carbocycles. The fourth-order valence-corrected chi connectivity index (χ4v) is 12.8. The van der Waals surface area contributed by atoms with Gasteiger partial charge in [-0.2, -0.15) is 0 Å². The van der Waals surface area contributed by atoms with Gasteiger partial charge < -0.3 is 13.4 Å². The molecule has 0 radical (unpaired) electrons. The Kier molecular flexibility index (Phi) is 5.07. The summed E-state index contributed by atoms with van der Waals surface area (Å²) in [7, 11) is -2.99. The Bertz CT molecular complexity index is 3450. The molecule has 246 valence electrons. The molecule has 0 spiro atoms. The van der Waals surface area contributed by atoms with Gasteiger partial charge in [0, 0.05) is 59.3 Å². The summed E-state index contributed by atoms with van der Waals surface area (Å²) in [4.78, 5) is 0. The average Bonchev–Trinajstić information content (AvgIpc) is 3.97. The molecule has 4 aromatic heterocycles. The second kappa shape index (κ2) is 9.52. The van der Waals surface area contributed by atoms with Crippen LogP contribution in [0, 0.1) is 0 Å². The highest BCUT2D eigenvalue weighted by Crippen LogP contribution is 2.56. The van der Waals surface area contributed by atoms with E-state index in [1.54, 1.807) is 0 Å². The Hall–Kier alpha value is -6.41. The molecule has 13 rings (SSSR count). The number of aromatic nitrogens is 2. The van der Waals surface area contributed by atoms with Gasteiger partial charge >= 0.3 is 0 Å². The van der Waals surface area contributed by atoms with Crippen LogP contribution in [0.1, 0.15) is 0 Å². The third kappa shape index (κ3) is 3.32. The Balaban J connectivity index is 1.10. The Morgan fingerprint density at radius 1 is 0.396 bits per heavy atom. The largest absolute Gasteiger partial charge is 0.314 e. The minimum absolute atomic E-state index is 0.948. The van der Waals surface area contributed by atoms with Crippen LogP contribution in [0.5, 0.6) is 0 Å². The van der Waals surface area contributed by atoms with Crippen LogP contribution in [0.4, 0.5) is 0 Å². The fourth-order valence-electron chi connectivity index (χ4n) is 10.2. The van der Waals surface area contributed by atoms with Gasteiger partial charge in [-0.1, -0.05) is 109 Å². The van der Waals surface area contributed by atoms with Gasteiger partial charge in [0.25, 0.3) is 0 Å². The standard InChI is InChI=1S/C49H29N2OP/c1-53(52)45-23-11-16-30(28-24-37-32-12-2-6-19-41(32)50-42-20-7-3-13-33(42)38(25-28)47(37)50)46(45)36-18-10-17-31(49(36)53)29-26-39-34-14-4-8-21-43(34)51-44-22-9-5-15-35(44)40(27-29)48(39)51/h2-27H,1H3. The smallest absolute Gasteiger partial charge is 0.142 e. The zero-order chi connectivity index (χ0) is 34.7. The van der Waals surface area contributed by atoms with E-state index in [0.29, 0.717) is 0 Å². The zero-order valence-corrected chi connectivity index (χ0v) is 29.7. The van der Waals surface area contributed by atoms with Gasteiger partial charge in [0.15, 0.2) is 0 Å². The predicted octanol–water partition coefficient (Wildman–Crippen LogP) is 12.2. The highest BCUT2D eigenvalue weighted by molar-refractivity contribution is 7.79. The lowest BCUT2D eigenvalue weighted by Gasteiger charge is -2.14. The van der Waals surface area contributed by atoms with Crippen LogP contribution in [-0.4, -0.2) is 15.5 Å². The van der Waals surface area contributed by atoms with E-state index in [4.69, 9.17) is 0 Å². The van der Waals surface area contributed by atoms with Gasteiger partial charge in [-0.15, -0.1) is 0 Å². The molecule has 0 amide bonds. The predicted molar refractivity (Wildman–Crippen MR) is 225 cm³/mol. The molecule has 53 heavy (non-hydrogen) atoms. The molecule has 3 nitrogen and oxygen atoms in total. The summed E-state index contributed by atoms with van der Waals surface area (Å²) in [6, 6.07) is 57.3. The van der Waals surface area contributed by atoms with Crippen molar-refractivity contribution in [1.29, 1.82) is 0 Å². The minimum Gasteiger partial charge on any atom is -0.314 e. The molecule has 4 heteroatoms. The lowest BCUT2D eigenvalue weighted by Crippen LogP contribution is -2.11. The monoisotopic (exact) mass is 692 g/mol. The van der Waals surface area contributed by atoms with Gasteiger partial charge in [0.2, 0.25) is 0 Å². The van der Waals surface area contributed by atoms with Crippen LogP contribution >= 0.6 is 7.14 Å². The lowest BCUT2D eigenvalue weighted by molar-refractivity contribution is 0.591. The van der Waals surface area contributed by atoms with Gasteiger partial charge in [-0.3, -0.25) is 0 Å². The summed E-state index contributed by atoms with van der Waals surface area (Å²) in [5.41, 5.74) is 14.0. The van der Waals surface area contributed by atoms with Crippen molar-refractivity contribution in [3.8, 4) is 33.4 Å². The molecular weight excluding hydrogens is 664 g/mol. The van der Waals surface area contributed by atoms with E-state index in [9.17, 15) is 0 Å². The molecular formula is C49H29N2OP. The third-order valence-electron chi connectivity index (χ3n) is 12.3. The van der Waals surface area contributed by atoms with E-state index >= 15 is 4.57 Å². The summed E-state index contributed by atoms with van der Waals surface area (Å²) in [5, 5.41) is 11.9. The number of hydrogen-bond donors (Lipinski definition) is 0. The highest BCUT2D eigenvalue weighted by Gasteiger charge is 2.39. The molecule has 0 saturated heterocycles. The van der Waals surface area contributed by atoms with Crippen molar-refractivity contribution in [2.45, 2.75) is 0 Å². The number of fused-ring (bicyclic) bond motifs is 15. The number of hydrogen-bond acceptors (Lipinski definition) is 1. The summed E-state index contributed by atoms with van der Waals surface area (Å²) in [5.74, 6) is 0. The summed E-state index contributed by atoms with van der Waals surface area (Å²) in [6.45, 7) is 1.98. The number of rotatable bonds is 2. The zero-order valence-electron chi connectivity index (χ0n) is 28.8. The first-order valence-corrected chi connectivity index (χ1v) is 20.4. The van der Waals surface area contributed by atoms with E-state index in [-0.39, 0.29) is 0 Å². The van der Waals surface area contributed by atoms with Gasteiger partial charge in [0.1, 0.15) is 7.14 Å². The molecule has 0 N–H and O–H groups in total. The van der Waals surface area contributed by atoms with Gasteiger partial charge in [-0.05, 0) is 83.0 Å². The SMILES string of the molecule is CP1(=O)c2cccc(-c3cc4c5ccccc5n5c6ccccc6c(c3)c45)c2-c2cccc(-c3cc4c5ccccc5n5c6ccccc6c(c3)c45)c21. The number of nitrogens with zero attached hydrogens (tertiary/aromatic N) is 2. The third-order valence-corrected chi connectivity index (χ3v) is 14.9. The van der Waals surface area contributed by atoms with Crippen LogP contribution in [-0.2, 0) is 4.57 Å². The molecule has 0 bridgehead atoms. The Labute approximate surface area is 304 Å². The first-order chi connectivity index (χ1) is 26.1. The van der Waals surface area contributed by atoms with Gasteiger partial charge in [-0.25, -0.2) is 0 Å². The molecule has 12 aromatic rings. The van der Waals surface area contributed by atoms with Crippen molar-refractivity contribution in [2.75, 3.05) is 6.66 Å². The molecule has 0 fully saturated rings. The molecule has 8 aromatic carbocycles. The first-order valence-electron chi connectivity index (χ1n) is 18.3. The maximum absolute atomic E-state index is 15.5. The van der Waals surface area contributed by atoms with Crippen LogP contribution in [0.15, 0.2) is 158 Å². The van der Waals surface area contributed by atoms with Crippen molar-refractivity contribution >= 4 is 93.9 Å². The van der Waals surface area contributed by atoms with Gasteiger partial charge in [0.05, 0.1) is 33.1 Å². The highest BCUT2D eigenvalue weighted by atomic mass is 31.2. The summed E-state index contributed by atoms with van der Waals surface area (Å²) < 4.78 is 20.3. The van der Waals surface area contributed by atoms with Crippen molar-refractivity contribution in [3.05, 3.63) is 158 Å². The summed E-state index contributed by atoms with van der Waals surface area (Å²) >= 11 is 0. The molecule has 1 unspecified atom stereocenters. The number of benzene rings is 8. The maximum Gasteiger partial charge on any atom is 0.142 e. The van der Waals surface area contributed by atoms with E-state index in [1.807, 2.05) is 6.66 Å². The molecule has 0 saturated carbocycles. The van der Waals surface area contributed by atoms with E-state index in [2.05, 4.69) is 167 Å². The maximum atomic E-state index is 15.5. The average molecular weight is 693 g/mol. The van der Waals surface area contributed by atoms with Crippen molar-refractivity contribution in [1.82, 2.24) is 8.80 Å². The topological polar surface area (TPSA) is 25.9 Å². The Morgan fingerprint density at radius 2 is 0.774 bits per heavy atom. The second-order valence-corrected chi connectivity index (χ2v) is 17.7. The van der Waals surface area contributed by atoms with Crippen LogP contribution in [0.3, 0.4) is 0 Å². The van der Waals surface area contributed by atoms with E-state index in [1.165, 1.54) is 76.2 Å². The van der Waals surface area contributed by atoms with E-state index in [0.717, 1.165) is 44.0 Å².